The van der Waals surface area contributed by atoms with Gasteiger partial charge in [-0.1, -0.05) is 46.0 Å². The van der Waals surface area contributed by atoms with E-state index in [1.165, 1.54) is 19.3 Å². The predicted octanol–water partition coefficient (Wildman–Crippen LogP) is 2.79. The van der Waals surface area contributed by atoms with E-state index in [0.29, 0.717) is 12.2 Å². The van der Waals surface area contributed by atoms with Gasteiger partial charge in [0.25, 0.3) is 0 Å². The van der Waals surface area contributed by atoms with Gasteiger partial charge in [0.2, 0.25) is 0 Å². The van der Waals surface area contributed by atoms with Crippen molar-refractivity contribution in [1.29, 1.82) is 0 Å². The van der Waals surface area contributed by atoms with Gasteiger partial charge < -0.3 is 15.9 Å². The van der Waals surface area contributed by atoms with Gasteiger partial charge in [-0.15, -0.1) is 0 Å². The number of unbranched alkanes of at least 4 members (excludes halogenated alkanes) is 5. The Morgan fingerprint density at radius 3 is 2.14 bits per heavy atom. The van der Waals surface area contributed by atoms with Crippen LogP contribution in [0, 0.1) is 5.92 Å². The van der Waals surface area contributed by atoms with Crippen LogP contribution in [0.15, 0.2) is 0 Å². The van der Waals surface area contributed by atoms with E-state index in [0.717, 1.165) is 38.5 Å². The van der Waals surface area contributed by atoms with Gasteiger partial charge in [0.05, 0.1) is 18.8 Å². The third kappa shape index (κ3) is 10.9. The number of ketones is 1. The Kier molecular flexibility index (Phi) is 12.9. The van der Waals surface area contributed by atoms with Gasteiger partial charge in [0.1, 0.15) is 5.78 Å². The van der Waals surface area contributed by atoms with E-state index in [2.05, 4.69) is 6.92 Å². The summed E-state index contributed by atoms with van der Waals surface area (Å²) >= 11 is 0. The van der Waals surface area contributed by atoms with Crippen LogP contribution in [0.25, 0.3) is 0 Å². The van der Waals surface area contributed by atoms with Crippen molar-refractivity contribution >= 4 is 5.78 Å². The second-order valence-corrected chi connectivity index (χ2v) is 6.26. The molecule has 0 bridgehead atoms. The quantitative estimate of drug-likeness (QED) is 0.431. The SMILES string of the molecule is CCCCCCC(=O)CCCCCC(C)C(O)C(N)CO. The molecule has 0 heterocycles. The van der Waals surface area contributed by atoms with E-state index in [1.807, 2.05) is 6.92 Å². The van der Waals surface area contributed by atoms with E-state index in [-0.39, 0.29) is 12.5 Å². The first-order chi connectivity index (χ1) is 10.0. The molecule has 126 valence electrons. The highest BCUT2D eigenvalue weighted by molar-refractivity contribution is 5.78. The van der Waals surface area contributed by atoms with Crippen LogP contribution in [0.4, 0.5) is 0 Å². The van der Waals surface area contributed by atoms with E-state index in [1.54, 1.807) is 0 Å². The van der Waals surface area contributed by atoms with E-state index < -0.39 is 12.1 Å². The summed E-state index contributed by atoms with van der Waals surface area (Å²) in [5.41, 5.74) is 5.61. The fourth-order valence-electron chi connectivity index (χ4n) is 2.54. The first-order valence-corrected chi connectivity index (χ1v) is 8.59. The summed E-state index contributed by atoms with van der Waals surface area (Å²) in [4.78, 5) is 11.7. The molecule has 0 aliphatic heterocycles. The molecular weight excluding hydrogens is 266 g/mol. The second kappa shape index (κ2) is 13.2. The number of Topliss-reactive ketones (excluding diaryl/α,β-unsaturated/α-hetero) is 1. The molecule has 0 aromatic carbocycles. The Hall–Kier alpha value is -0.450. The standard InChI is InChI=1S/C17H35NO3/c1-3-4-5-8-11-15(20)12-9-6-7-10-14(2)17(21)16(18)13-19/h14,16-17,19,21H,3-13,18H2,1-2H3. The van der Waals surface area contributed by atoms with Crippen LogP contribution in [-0.4, -0.2) is 34.7 Å². The number of rotatable bonds is 14. The summed E-state index contributed by atoms with van der Waals surface area (Å²) in [5, 5.41) is 18.7. The lowest BCUT2D eigenvalue weighted by molar-refractivity contribution is -0.119. The fourth-order valence-corrected chi connectivity index (χ4v) is 2.54. The summed E-state index contributed by atoms with van der Waals surface area (Å²) in [6, 6.07) is -0.551. The van der Waals surface area contributed by atoms with Gasteiger partial charge in [-0.2, -0.15) is 0 Å². The average Bonchev–Trinajstić information content (AvgIpc) is 2.49. The molecule has 4 nitrogen and oxygen atoms in total. The van der Waals surface area contributed by atoms with Gasteiger partial charge in [-0.25, -0.2) is 0 Å². The Bertz CT molecular complexity index is 258. The number of carbonyl (C=O) groups excluding carboxylic acids is 1. The molecule has 3 unspecified atom stereocenters. The van der Waals surface area contributed by atoms with Gasteiger partial charge in [-0.05, 0) is 25.2 Å². The van der Waals surface area contributed by atoms with Crippen molar-refractivity contribution in [2.45, 2.75) is 90.2 Å². The zero-order valence-corrected chi connectivity index (χ0v) is 13.9. The molecule has 0 aliphatic carbocycles. The summed E-state index contributed by atoms with van der Waals surface area (Å²) in [6.07, 6.45) is 9.28. The number of hydrogen-bond acceptors (Lipinski definition) is 4. The monoisotopic (exact) mass is 301 g/mol. The van der Waals surface area contributed by atoms with Crippen LogP contribution in [0.1, 0.15) is 78.1 Å². The first kappa shape index (κ1) is 20.6. The summed E-state index contributed by atoms with van der Waals surface area (Å²) in [5.74, 6) is 0.485. The Labute approximate surface area is 130 Å². The van der Waals surface area contributed by atoms with Crippen LogP contribution in [0.5, 0.6) is 0 Å². The Morgan fingerprint density at radius 2 is 1.62 bits per heavy atom. The van der Waals surface area contributed by atoms with E-state index >= 15 is 0 Å². The highest BCUT2D eigenvalue weighted by Crippen LogP contribution is 2.16. The normalized spacial score (nSPS) is 15.7. The van der Waals surface area contributed by atoms with Crippen LogP contribution in [-0.2, 0) is 4.79 Å². The third-order valence-electron chi connectivity index (χ3n) is 4.16. The zero-order chi connectivity index (χ0) is 16.1. The smallest absolute Gasteiger partial charge is 0.132 e. The number of aliphatic hydroxyl groups excluding tert-OH is 2. The molecule has 0 spiro atoms. The largest absolute Gasteiger partial charge is 0.395 e. The molecule has 0 aromatic heterocycles. The predicted molar refractivity (Wildman–Crippen MR) is 87.1 cm³/mol. The zero-order valence-electron chi connectivity index (χ0n) is 13.9. The van der Waals surface area contributed by atoms with Crippen LogP contribution in [0.3, 0.4) is 0 Å². The highest BCUT2D eigenvalue weighted by atomic mass is 16.3. The van der Waals surface area contributed by atoms with Gasteiger partial charge in [0.15, 0.2) is 0 Å². The van der Waals surface area contributed by atoms with Crippen molar-refractivity contribution < 1.29 is 15.0 Å². The Balaban J connectivity index is 3.52. The average molecular weight is 301 g/mol. The Morgan fingerprint density at radius 1 is 1.05 bits per heavy atom. The number of hydrogen-bond donors (Lipinski definition) is 3. The lowest BCUT2D eigenvalue weighted by Gasteiger charge is -2.23. The number of nitrogens with two attached hydrogens (primary N) is 1. The maximum Gasteiger partial charge on any atom is 0.132 e. The molecular formula is C17H35NO3. The van der Waals surface area contributed by atoms with Crippen LogP contribution < -0.4 is 5.73 Å². The summed E-state index contributed by atoms with van der Waals surface area (Å²) < 4.78 is 0. The molecule has 4 N–H and O–H groups in total. The van der Waals surface area contributed by atoms with Crippen LogP contribution >= 0.6 is 0 Å². The minimum Gasteiger partial charge on any atom is -0.395 e. The van der Waals surface area contributed by atoms with Gasteiger partial charge >= 0.3 is 0 Å². The minimum atomic E-state index is -0.643. The maximum atomic E-state index is 11.7. The molecule has 0 fully saturated rings. The van der Waals surface area contributed by atoms with Crippen molar-refractivity contribution in [2.75, 3.05) is 6.61 Å². The number of aliphatic hydroxyl groups is 2. The second-order valence-electron chi connectivity index (χ2n) is 6.26. The molecule has 0 rings (SSSR count). The molecule has 0 saturated carbocycles. The lowest BCUT2D eigenvalue weighted by Crippen LogP contribution is -2.41. The first-order valence-electron chi connectivity index (χ1n) is 8.59. The maximum absolute atomic E-state index is 11.7. The topological polar surface area (TPSA) is 83.5 Å². The fraction of sp³-hybridized carbons (Fsp3) is 0.941. The van der Waals surface area contributed by atoms with E-state index in [4.69, 9.17) is 10.8 Å². The molecule has 21 heavy (non-hydrogen) atoms. The summed E-state index contributed by atoms with van der Waals surface area (Å²) in [7, 11) is 0. The minimum absolute atomic E-state index is 0.0943. The van der Waals surface area contributed by atoms with Gasteiger partial charge in [-0.3, -0.25) is 4.79 Å². The molecule has 0 saturated heterocycles. The highest BCUT2D eigenvalue weighted by Gasteiger charge is 2.20. The molecule has 4 heteroatoms. The van der Waals surface area contributed by atoms with Gasteiger partial charge in [0, 0.05) is 12.8 Å². The summed E-state index contributed by atoms with van der Waals surface area (Å²) in [6.45, 7) is 3.95. The van der Waals surface area contributed by atoms with Crippen molar-refractivity contribution in [3.8, 4) is 0 Å². The van der Waals surface area contributed by atoms with Crippen molar-refractivity contribution in [3.05, 3.63) is 0 Å². The lowest BCUT2D eigenvalue weighted by atomic mass is 9.93. The van der Waals surface area contributed by atoms with E-state index in [9.17, 15) is 9.90 Å². The molecule has 0 amide bonds. The van der Waals surface area contributed by atoms with Crippen molar-refractivity contribution in [2.24, 2.45) is 11.7 Å². The van der Waals surface area contributed by atoms with Crippen molar-refractivity contribution in [1.82, 2.24) is 0 Å². The van der Waals surface area contributed by atoms with Crippen molar-refractivity contribution in [3.63, 3.8) is 0 Å². The molecule has 0 aromatic rings. The number of carbonyl (C=O) groups is 1. The third-order valence-corrected chi connectivity index (χ3v) is 4.16. The molecule has 0 radical (unpaired) electrons. The molecule has 0 aliphatic rings. The molecule has 3 atom stereocenters. The van der Waals surface area contributed by atoms with Crippen LogP contribution in [0.2, 0.25) is 0 Å².